The Labute approximate surface area is 154 Å². The third-order valence-electron chi connectivity index (χ3n) is 8.08. The lowest BCUT2D eigenvalue weighted by molar-refractivity contribution is -0.111. The van der Waals surface area contributed by atoms with Gasteiger partial charge in [0, 0.05) is 5.54 Å². The summed E-state index contributed by atoms with van der Waals surface area (Å²) in [5, 5.41) is 8.13. The van der Waals surface area contributed by atoms with Gasteiger partial charge in [0.05, 0.1) is 0 Å². The molecule has 0 bridgehead atoms. The predicted octanol–water partition coefficient (Wildman–Crippen LogP) is 4.93. The average Bonchev–Trinajstić information content (AvgIpc) is 2.54. The Morgan fingerprint density at radius 1 is 1.36 bits per heavy atom. The molecule has 0 aromatic heterocycles. The molecule has 3 saturated carbocycles. The van der Waals surface area contributed by atoms with Gasteiger partial charge in [-0.25, -0.2) is 0 Å². The topological polar surface area (TPSA) is 43.2 Å². The van der Waals surface area contributed by atoms with Crippen LogP contribution in [0.25, 0.3) is 5.32 Å². The molecule has 0 aromatic carbocycles. The number of amides is 1. The van der Waals surface area contributed by atoms with Crippen molar-refractivity contribution < 1.29 is 4.79 Å². The smallest absolute Gasteiger partial charge is 0.207 e. The third-order valence-corrected chi connectivity index (χ3v) is 8.08. The molecule has 3 fully saturated rings. The quantitative estimate of drug-likeness (QED) is 0.557. The van der Waals surface area contributed by atoms with E-state index < -0.39 is 0 Å². The van der Waals surface area contributed by atoms with Crippen molar-refractivity contribution in [2.24, 2.45) is 35.5 Å². The summed E-state index contributed by atoms with van der Waals surface area (Å²) in [6, 6.07) is 0. The van der Waals surface area contributed by atoms with Crippen molar-refractivity contribution in [1.82, 2.24) is 5.32 Å². The summed E-state index contributed by atoms with van der Waals surface area (Å²) < 4.78 is 0. The van der Waals surface area contributed by atoms with Gasteiger partial charge < -0.3 is 10.6 Å². The highest BCUT2D eigenvalue weighted by molar-refractivity contribution is 5.47. The average molecular weight is 346 g/mol. The molecule has 0 aliphatic heterocycles. The number of carbonyl (C=O) groups is 1. The second-order valence-corrected chi connectivity index (χ2v) is 9.89. The fourth-order valence-corrected chi connectivity index (χ4v) is 6.97. The standard InChI is InChI=1S/C22H37N2O/c1-14-9-10-22(23-6)16(3)7-8-18-15(2)11-17(19(14)20(18)22)12-21(4,5)24-13-25/h13,15-20H,1,7-12H2,2-6H3,(H,24,25)/q-1/t15-,16-,17-,18+,19-,20-,22-/m1/s1. The fraction of sp³-hybridized carbons (Fsp3) is 0.864. The van der Waals surface area contributed by atoms with E-state index in [4.69, 9.17) is 5.32 Å². The molecule has 1 N–H and O–H groups in total. The zero-order valence-corrected chi connectivity index (χ0v) is 16.8. The lowest BCUT2D eigenvalue weighted by Crippen LogP contribution is -2.60. The van der Waals surface area contributed by atoms with Gasteiger partial charge in [0.1, 0.15) is 0 Å². The summed E-state index contributed by atoms with van der Waals surface area (Å²) >= 11 is 0. The van der Waals surface area contributed by atoms with Crippen molar-refractivity contribution in [1.29, 1.82) is 0 Å². The summed E-state index contributed by atoms with van der Waals surface area (Å²) in [4.78, 5) is 11.0. The molecule has 0 unspecified atom stereocenters. The number of hydrogen-bond donors (Lipinski definition) is 1. The summed E-state index contributed by atoms with van der Waals surface area (Å²) in [6.07, 6.45) is 8.17. The maximum absolute atomic E-state index is 11.0. The lowest BCUT2D eigenvalue weighted by Gasteiger charge is -2.69. The highest BCUT2D eigenvalue weighted by Crippen LogP contribution is 2.63. The van der Waals surface area contributed by atoms with Crippen molar-refractivity contribution in [3.8, 4) is 0 Å². The summed E-state index contributed by atoms with van der Waals surface area (Å²) in [6.45, 7) is 13.7. The Kier molecular flexibility index (Phi) is 5.09. The number of nitrogens with one attached hydrogen (secondary N) is 1. The van der Waals surface area contributed by atoms with Gasteiger partial charge in [-0.2, -0.15) is 7.05 Å². The predicted molar refractivity (Wildman–Crippen MR) is 104 cm³/mol. The molecule has 25 heavy (non-hydrogen) atoms. The Balaban J connectivity index is 1.96. The van der Waals surface area contributed by atoms with E-state index in [9.17, 15) is 4.79 Å². The molecular formula is C22H37N2O-. The van der Waals surface area contributed by atoms with Crippen LogP contribution in [0.1, 0.15) is 66.2 Å². The number of nitrogens with zero attached hydrogens (tertiary/aromatic N) is 1. The number of allylic oxidation sites excluding steroid dienone is 1. The van der Waals surface area contributed by atoms with Crippen LogP contribution in [0.4, 0.5) is 0 Å². The summed E-state index contributed by atoms with van der Waals surface area (Å²) in [5.74, 6) is 4.06. The molecule has 0 spiro atoms. The van der Waals surface area contributed by atoms with Crippen LogP contribution in [0.3, 0.4) is 0 Å². The molecule has 0 radical (unpaired) electrons. The summed E-state index contributed by atoms with van der Waals surface area (Å²) in [7, 11) is 2.07. The van der Waals surface area contributed by atoms with Crippen molar-refractivity contribution in [2.75, 3.05) is 7.05 Å². The molecule has 3 nitrogen and oxygen atoms in total. The number of carbonyl (C=O) groups excluding carboxylic acids is 1. The monoisotopic (exact) mass is 345 g/mol. The van der Waals surface area contributed by atoms with Gasteiger partial charge in [-0.1, -0.05) is 44.8 Å². The minimum absolute atomic E-state index is 0.150. The van der Waals surface area contributed by atoms with Crippen LogP contribution in [0, 0.1) is 35.5 Å². The van der Waals surface area contributed by atoms with E-state index in [1.807, 2.05) is 0 Å². The van der Waals surface area contributed by atoms with E-state index in [2.05, 4.69) is 46.6 Å². The Morgan fingerprint density at radius 3 is 2.72 bits per heavy atom. The molecule has 3 aliphatic rings. The van der Waals surface area contributed by atoms with Crippen molar-refractivity contribution >= 4 is 6.41 Å². The first-order chi connectivity index (χ1) is 11.8. The van der Waals surface area contributed by atoms with Crippen molar-refractivity contribution in [2.45, 2.75) is 77.3 Å². The Morgan fingerprint density at radius 2 is 2.08 bits per heavy atom. The zero-order chi connectivity index (χ0) is 18.4. The number of hydrogen-bond acceptors (Lipinski definition) is 1. The highest BCUT2D eigenvalue weighted by Gasteiger charge is 2.55. The lowest BCUT2D eigenvalue weighted by atomic mass is 9.44. The van der Waals surface area contributed by atoms with Gasteiger partial charge in [-0.05, 0) is 69.1 Å². The van der Waals surface area contributed by atoms with Crippen molar-refractivity contribution in [3.05, 3.63) is 17.5 Å². The van der Waals surface area contributed by atoms with Crippen LogP contribution < -0.4 is 5.32 Å². The molecule has 7 atom stereocenters. The molecule has 3 heteroatoms. The zero-order valence-electron chi connectivity index (χ0n) is 16.8. The molecule has 3 rings (SSSR count). The Bertz CT molecular complexity index is 528. The van der Waals surface area contributed by atoms with Gasteiger partial charge in [0.2, 0.25) is 6.41 Å². The highest BCUT2D eigenvalue weighted by atomic mass is 16.1. The van der Waals surface area contributed by atoms with Crippen LogP contribution in [0.2, 0.25) is 0 Å². The van der Waals surface area contributed by atoms with E-state index in [1.165, 1.54) is 31.3 Å². The van der Waals surface area contributed by atoms with Crippen LogP contribution in [0.15, 0.2) is 12.2 Å². The second kappa shape index (κ2) is 6.72. The van der Waals surface area contributed by atoms with E-state index >= 15 is 0 Å². The first-order valence-corrected chi connectivity index (χ1v) is 10.3. The molecule has 3 aliphatic carbocycles. The van der Waals surface area contributed by atoms with E-state index in [-0.39, 0.29) is 11.1 Å². The molecule has 142 valence electrons. The van der Waals surface area contributed by atoms with E-state index in [1.54, 1.807) is 0 Å². The normalized spacial score (nSPS) is 44.1. The van der Waals surface area contributed by atoms with Gasteiger partial charge in [-0.3, -0.25) is 4.79 Å². The van der Waals surface area contributed by atoms with Crippen LogP contribution >= 0.6 is 0 Å². The Hall–Kier alpha value is -0.830. The first kappa shape index (κ1) is 18.9. The second-order valence-electron chi connectivity index (χ2n) is 9.89. The minimum Gasteiger partial charge on any atom is -0.659 e. The van der Waals surface area contributed by atoms with Gasteiger partial charge >= 0.3 is 0 Å². The van der Waals surface area contributed by atoms with Gasteiger partial charge in [-0.15, -0.1) is 5.54 Å². The minimum atomic E-state index is -0.150. The fourth-order valence-electron chi connectivity index (χ4n) is 6.97. The van der Waals surface area contributed by atoms with Crippen molar-refractivity contribution in [3.63, 3.8) is 0 Å². The van der Waals surface area contributed by atoms with Gasteiger partial charge in [0.25, 0.3) is 0 Å². The first-order valence-electron chi connectivity index (χ1n) is 10.3. The van der Waals surface area contributed by atoms with Gasteiger partial charge in [0.15, 0.2) is 0 Å². The van der Waals surface area contributed by atoms with Crippen LogP contribution in [-0.2, 0) is 4.79 Å². The SMILES string of the molecule is C=C1CC[C@]2([N-]C)[C@@H]3[C@@H](CC[C@H]2C)[C@H](C)C[C@H](CC(C)(C)NC=O)[C@@H]13. The van der Waals surface area contributed by atoms with Crippen LogP contribution in [0.5, 0.6) is 0 Å². The molecule has 0 aromatic rings. The third kappa shape index (κ3) is 3.07. The molecular weight excluding hydrogens is 308 g/mol. The largest absolute Gasteiger partial charge is 0.659 e. The molecule has 0 saturated heterocycles. The number of rotatable bonds is 5. The maximum atomic E-state index is 11.0. The molecule has 0 heterocycles. The van der Waals surface area contributed by atoms with Crippen LogP contribution in [-0.4, -0.2) is 24.5 Å². The van der Waals surface area contributed by atoms with E-state index in [0.717, 1.165) is 31.1 Å². The molecule has 1 amide bonds. The maximum Gasteiger partial charge on any atom is 0.207 e. The van der Waals surface area contributed by atoms with E-state index in [0.29, 0.717) is 23.7 Å². The summed E-state index contributed by atoms with van der Waals surface area (Å²) in [5.41, 5.74) is 1.47.